The van der Waals surface area contributed by atoms with Gasteiger partial charge in [-0.1, -0.05) is 53.5 Å². The van der Waals surface area contributed by atoms with Crippen molar-refractivity contribution in [2.45, 2.75) is 5.92 Å². The van der Waals surface area contributed by atoms with Crippen molar-refractivity contribution in [1.82, 2.24) is 4.90 Å². The maximum Gasteiger partial charge on any atom is 0.308 e. The van der Waals surface area contributed by atoms with Gasteiger partial charge in [0.15, 0.2) is 0 Å². The van der Waals surface area contributed by atoms with E-state index in [4.69, 9.17) is 27.9 Å². The second kappa shape index (κ2) is 7.56. The van der Waals surface area contributed by atoms with Gasteiger partial charge in [-0.3, -0.25) is 9.59 Å². The number of carboxylic acid groups (broad SMARTS) is 1. The Labute approximate surface area is 161 Å². The fourth-order valence-corrected chi connectivity index (χ4v) is 3.61. The highest BCUT2D eigenvalue weighted by molar-refractivity contribution is 6.42. The lowest BCUT2D eigenvalue weighted by Gasteiger charge is -2.18. The van der Waals surface area contributed by atoms with Gasteiger partial charge in [0.1, 0.15) is 5.75 Å². The van der Waals surface area contributed by atoms with Crippen molar-refractivity contribution in [3.05, 3.63) is 63.6 Å². The molecule has 2 atom stereocenters. The van der Waals surface area contributed by atoms with Crippen molar-refractivity contribution in [2.75, 3.05) is 20.2 Å². The van der Waals surface area contributed by atoms with E-state index in [0.29, 0.717) is 12.3 Å². The maximum atomic E-state index is 13.0. The average molecular weight is 394 g/mol. The highest BCUT2D eigenvalue weighted by Gasteiger charge is 2.41. The van der Waals surface area contributed by atoms with Gasteiger partial charge in [0.05, 0.1) is 28.6 Å². The minimum atomic E-state index is -0.921. The number of halogens is 2. The molecule has 3 rings (SSSR count). The van der Waals surface area contributed by atoms with Crippen LogP contribution in [0.1, 0.15) is 21.8 Å². The molecule has 0 bridgehead atoms. The van der Waals surface area contributed by atoms with Crippen LogP contribution in [0.5, 0.6) is 5.75 Å². The molecule has 7 heteroatoms. The third kappa shape index (κ3) is 3.50. The largest absolute Gasteiger partial charge is 0.496 e. The number of hydrogen-bond donors (Lipinski definition) is 1. The summed E-state index contributed by atoms with van der Waals surface area (Å²) in [6, 6.07) is 12.3. The van der Waals surface area contributed by atoms with Gasteiger partial charge in [0.2, 0.25) is 0 Å². The fraction of sp³-hybridized carbons (Fsp3) is 0.263. The number of hydrogen-bond acceptors (Lipinski definition) is 3. The number of ether oxygens (including phenoxy) is 1. The molecule has 5 nitrogen and oxygen atoms in total. The highest BCUT2D eigenvalue weighted by Crippen LogP contribution is 2.36. The summed E-state index contributed by atoms with van der Waals surface area (Å²) in [5.41, 5.74) is 1.16. The summed E-state index contributed by atoms with van der Waals surface area (Å²) in [6.07, 6.45) is 0. The van der Waals surface area contributed by atoms with Crippen LogP contribution in [0.3, 0.4) is 0 Å². The highest BCUT2D eigenvalue weighted by atomic mass is 35.5. The molecule has 2 unspecified atom stereocenters. The van der Waals surface area contributed by atoms with Gasteiger partial charge >= 0.3 is 5.97 Å². The van der Waals surface area contributed by atoms with Crippen molar-refractivity contribution in [1.29, 1.82) is 0 Å². The Bertz CT molecular complexity index is 841. The predicted octanol–water partition coefficient (Wildman–Crippen LogP) is 3.94. The maximum absolute atomic E-state index is 13.0. The molecule has 0 spiro atoms. The molecule has 0 radical (unpaired) electrons. The normalized spacial score (nSPS) is 19.4. The molecule has 1 saturated heterocycles. The van der Waals surface area contributed by atoms with Gasteiger partial charge < -0.3 is 14.7 Å². The molecule has 1 fully saturated rings. The van der Waals surface area contributed by atoms with E-state index in [1.807, 2.05) is 30.3 Å². The first-order chi connectivity index (χ1) is 12.4. The van der Waals surface area contributed by atoms with E-state index < -0.39 is 11.9 Å². The molecule has 2 aromatic rings. The first kappa shape index (κ1) is 18.5. The molecule has 26 heavy (non-hydrogen) atoms. The lowest BCUT2D eigenvalue weighted by molar-refractivity contribution is -0.141. The van der Waals surface area contributed by atoms with Crippen LogP contribution in [0.25, 0.3) is 0 Å². The summed E-state index contributed by atoms with van der Waals surface area (Å²) < 4.78 is 5.24. The molecular formula is C19H17Cl2NO4. The summed E-state index contributed by atoms with van der Waals surface area (Å²) in [5, 5.41) is 10.1. The van der Waals surface area contributed by atoms with Gasteiger partial charge in [0.25, 0.3) is 5.91 Å². The summed E-state index contributed by atoms with van der Waals surface area (Å²) in [5.74, 6) is -1.89. The van der Waals surface area contributed by atoms with Crippen LogP contribution in [0.15, 0.2) is 42.5 Å². The standard InChI is InChI=1S/C19H17Cl2NO4/c1-26-17-8-16(21)15(20)7-12(17)18(23)22-9-13(14(10-22)19(24)25)11-5-3-2-4-6-11/h2-8,13-14H,9-10H2,1H3,(H,24,25). The van der Waals surface area contributed by atoms with Crippen LogP contribution in [-0.4, -0.2) is 42.1 Å². The van der Waals surface area contributed by atoms with Crippen LogP contribution >= 0.6 is 23.2 Å². The van der Waals surface area contributed by atoms with Crippen LogP contribution < -0.4 is 4.74 Å². The van der Waals surface area contributed by atoms with Crippen molar-refractivity contribution in [3.63, 3.8) is 0 Å². The molecule has 0 saturated carbocycles. The van der Waals surface area contributed by atoms with Gasteiger partial charge in [-0.25, -0.2) is 0 Å². The topological polar surface area (TPSA) is 66.8 Å². The number of likely N-dealkylation sites (tertiary alicyclic amines) is 1. The number of benzene rings is 2. The van der Waals surface area contributed by atoms with Gasteiger partial charge in [-0.15, -0.1) is 0 Å². The Morgan fingerprint density at radius 3 is 2.38 bits per heavy atom. The lowest BCUT2D eigenvalue weighted by Crippen LogP contribution is -2.30. The Kier molecular flexibility index (Phi) is 5.39. The van der Waals surface area contributed by atoms with Crippen LogP contribution in [0, 0.1) is 5.92 Å². The van der Waals surface area contributed by atoms with Crippen LogP contribution in [-0.2, 0) is 4.79 Å². The minimum Gasteiger partial charge on any atom is -0.496 e. The third-order valence-corrected chi connectivity index (χ3v) is 5.35. The number of carboxylic acids is 1. The van der Waals surface area contributed by atoms with Crippen molar-refractivity contribution in [2.24, 2.45) is 5.92 Å². The van der Waals surface area contributed by atoms with Crippen molar-refractivity contribution >= 4 is 35.1 Å². The average Bonchev–Trinajstić information content (AvgIpc) is 3.09. The van der Waals surface area contributed by atoms with E-state index in [2.05, 4.69) is 0 Å². The first-order valence-corrected chi connectivity index (χ1v) is 8.78. The summed E-state index contributed by atoms with van der Waals surface area (Å²) in [4.78, 5) is 26.2. The Morgan fingerprint density at radius 2 is 1.77 bits per heavy atom. The molecule has 2 aromatic carbocycles. The predicted molar refractivity (Wildman–Crippen MR) is 99.2 cm³/mol. The number of aliphatic carboxylic acids is 1. The lowest BCUT2D eigenvalue weighted by atomic mass is 9.89. The van der Waals surface area contributed by atoms with E-state index >= 15 is 0 Å². The molecule has 0 aromatic heterocycles. The smallest absolute Gasteiger partial charge is 0.308 e. The molecule has 0 aliphatic carbocycles. The molecular weight excluding hydrogens is 377 g/mol. The van der Waals surface area contributed by atoms with E-state index in [1.165, 1.54) is 24.1 Å². The second-order valence-corrected chi connectivity index (χ2v) is 6.95. The molecule has 1 amide bonds. The Morgan fingerprint density at radius 1 is 1.12 bits per heavy atom. The van der Waals surface area contributed by atoms with Crippen LogP contribution in [0.4, 0.5) is 0 Å². The first-order valence-electron chi connectivity index (χ1n) is 8.02. The Hall–Kier alpha value is -2.24. The second-order valence-electron chi connectivity index (χ2n) is 6.14. The number of carbonyl (C=O) groups is 2. The number of rotatable bonds is 4. The van der Waals surface area contributed by atoms with E-state index in [1.54, 1.807) is 0 Å². The van der Waals surface area contributed by atoms with E-state index in [9.17, 15) is 14.7 Å². The molecule has 1 heterocycles. The van der Waals surface area contributed by atoms with Gasteiger partial charge in [0, 0.05) is 25.1 Å². The number of amides is 1. The van der Waals surface area contributed by atoms with Crippen molar-refractivity contribution in [3.8, 4) is 5.75 Å². The van der Waals surface area contributed by atoms with Crippen LogP contribution in [0.2, 0.25) is 10.0 Å². The zero-order valence-electron chi connectivity index (χ0n) is 14.0. The summed E-state index contributed by atoms with van der Waals surface area (Å²) in [7, 11) is 1.44. The molecule has 1 aliphatic heterocycles. The minimum absolute atomic E-state index is 0.122. The van der Waals surface area contributed by atoms with Gasteiger partial charge in [-0.05, 0) is 11.6 Å². The fourth-order valence-electron chi connectivity index (χ4n) is 3.29. The molecule has 136 valence electrons. The Balaban J connectivity index is 1.92. The summed E-state index contributed by atoms with van der Waals surface area (Å²) in [6.45, 7) is 0.431. The number of carbonyl (C=O) groups excluding carboxylic acids is 1. The molecule has 1 N–H and O–H groups in total. The quantitative estimate of drug-likeness (QED) is 0.853. The summed E-state index contributed by atoms with van der Waals surface area (Å²) >= 11 is 12.0. The number of methoxy groups -OCH3 is 1. The molecule has 1 aliphatic rings. The third-order valence-electron chi connectivity index (χ3n) is 4.62. The zero-order chi connectivity index (χ0) is 18.8. The number of nitrogens with zero attached hydrogens (tertiary/aromatic N) is 1. The van der Waals surface area contributed by atoms with Gasteiger partial charge in [-0.2, -0.15) is 0 Å². The van der Waals surface area contributed by atoms with E-state index in [-0.39, 0.29) is 34.0 Å². The monoisotopic (exact) mass is 393 g/mol. The van der Waals surface area contributed by atoms with Crippen molar-refractivity contribution < 1.29 is 19.4 Å². The zero-order valence-corrected chi connectivity index (χ0v) is 15.5. The van der Waals surface area contributed by atoms with E-state index in [0.717, 1.165) is 5.56 Å². The SMILES string of the molecule is COc1cc(Cl)c(Cl)cc1C(=O)N1CC(C(=O)O)C(c2ccccc2)C1.